The van der Waals surface area contributed by atoms with Gasteiger partial charge in [-0.3, -0.25) is 14.9 Å². The van der Waals surface area contributed by atoms with Crippen LogP contribution in [-0.4, -0.2) is 22.5 Å². The van der Waals surface area contributed by atoms with E-state index in [2.05, 4.69) is 0 Å². The first-order valence-electron chi connectivity index (χ1n) is 4.41. The highest BCUT2D eigenvalue weighted by Crippen LogP contribution is 2.36. The molecule has 0 aromatic rings. The van der Waals surface area contributed by atoms with Crippen LogP contribution in [0.3, 0.4) is 0 Å². The van der Waals surface area contributed by atoms with Crippen LogP contribution in [-0.2, 0) is 4.79 Å². The minimum Gasteiger partial charge on any atom is -0.481 e. The van der Waals surface area contributed by atoms with Crippen LogP contribution < -0.4 is 0 Å². The van der Waals surface area contributed by atoms with Crippen molar-refractivity contribution in [2.24, 2.45) is 11.8 Å². The molecule has 0 aromatic carbocycles. The number of carboxylic acid groups (broad SMARTS) is 1. The molecule has 0 radical (unpaired) electrons. The molecule has 1 aliphatic rings. The quantitative estimate of drug-likeness (QED) is 0.499. The fraction of sp³-hybridized carbons (Fsp3) is 0.875. The van der Waals surface area contributed by atoms with Crippen molar-refractivity contribution >= 4 is 5.97 Å². The zero-order valence-electron chi connectivity index (χ0n) is 7.31. The third-order valence-electron chi connectivity index (χ3n) is 2.23. The third kappa shape index (κ3) is 4.45. The second-order valence-electron chi connectivity index (χ2n) is 3.66. The predicted octanol–water partition coefficient (Wildman–Crippen LogP) is 1.15. The molecule has 1 aliphatic carbocycles. The van der Waals surface area contributed by atoms with Gasteiger partial charge in [0.05, 0.1) is 6.42 Å². The summed E-state index contributed by atoms with van der Waals surface area (Å²) in [7, 11) is 0. The van der Waals surface area contributed by atoms with E-state index in [1.54, 1.807) is 0 Å². The van der Waals surface area contributed by atoms with Crippen LogP contribution in [0.1, 0.15) is 25.7 Å². The molecule has 0 spiro atoms. The molecule has 0 saturated heterocycles. The number of carboxylic acids is 1. The molecule has 74 valence electrons. The summed E-state index contributed by atoms with van der Waals surface area (Å²) in [6.45, 7) is -0.206. The molecule has 5 heteroatoms. The van der Waals surface area contributed by atoms with Crippen molar-refractivity contribution in [3.8, 4) is 0 Å². The number of hydrogen-bond acceptors (Lipinski definition) is 3. The molecule has 1 N–H and O–H groups in total. The van der Waals surface area contributed by atoms with Gasteiger partial charge >= 0.3 is 5.97 Å². The van der Waals surface area contributed by atoms with Gasteiger partial charge in [0.2, 0.25) is 6.54 Å². The van der Waals surface area contributed by atoms with Gasteiger partial charge in [-0.2, -0.15) is 0 Å². The van der Waals surface area contributed by atoms with Crippen molar-refractivity contribution in [3.05, 3.63) is 10.1 Å². The highest BCUT2D eigenvalue weighted by molar-refractivity contribution is 5.67. The lowest BCUT2D eigenvalue weighted by atomic mass is 9.99. The molecule has 5 nitrogen and oxygen atoms in total. The summed E-state index contributed by atoms with van der Waals surface area (Å²) in [5, 5.41) is 18.7. The van der Waals surface area contributed by atoms with E-state index in [-0.39, 0.29) is 18.9 Å². The van der Waals surface area contributed by atoms with Gasteiger partial charge in [0.1, 0.15) is 0 Å². The minimum absolute atomic E-state index is 0.0719. The van der Waals surface area contributed by atoms with E-state index >= 15 is 0 Å². The number of nitro groups is 1. The molecular formula is C8H13NO4. The van der Waals surface area contributed by atoms with E-state index in [0.717, 1.165) is 12.8 Å². The molecule has 1 saturated carbocycles. The summed E-state index contributed by atoms with van der Waals surface area (Å²) in [4.78, 5) is 20.2. The second-order valence-corrected chi connectivity index (χ2v) is 3.66. The Labute approximate surface area is 75.9 Å². The van der Waals surface area contributed by atoms with Gasteiger partial charge in [0, 0.05) is 10.8 Å². The molecule has 1 fully saturated rings. The Morgan fingerprint density at radius 3 is 2.62 bits per heavy atom. The summed E-state index contributed by atoms with van der Waals surface area (Å²) >= 11 is 0. The predicted molar refractivity (Wildman–Crippen MR) is 44.9 cm³/mol. The first-order valence-corrected chi connectivity index (χ1v) is 4.41. The lowest BCUT2D eigenvalue weighted by Gasteiger charge is -2.08. The first-order chi connectivity index (χ1) is 6.08. The molecule has 1 unspecified atom stereocenters. The summed E-state index contributed by atoms with van der Waals surface area (Å²) in [5.74, 6) is -0.670. The lowest BCUT2D eigenvalue weighted by Crippen LogP contribution is -2.18. The topological polar surface area (TPSA) is 80.4 Å². The fourth-order valence-corrected chi connectivity index (χ4v) is 1.51. The Morgan fingerprint density at radius 1 is 1.62 bits per heavy atom. The van der Waals surface area contributed by atoms with Gasteiger partial charge in [-0.05, 0) is 12.3 Å². The molecule has 0 heterocycles. The number of nitrogens with zero attached hydrogens (tertiary/aromatic N) is 1. The Bertz CT molecular complexity index is 196. The van der Waals surface area contributed by atoms with Crippen molar-refractivity contribution in [2.45, 2.75) is 25.7 Å². The van der Waals surface area contributed by atoms with Crippen molar-refractivity contribution in [3.63, 3.8) is 0 Å². The van der Waals surface area contributed by atoms with Crippen LogP contribution in [0.5, 0.6) is 0 Å². The number of rotatable bonds is 6. The maximum atomic E-state index is 10.4. The maximum Gasteiger partial charge on any atom is 0.303 e. The number of carbonyl (C=O) groups is 1. The Kier molecular flexibility index (Phi) is 3.22. The SMILES string of the molecule is O=C(O)CC(CC1CC1)C[N+](=O)[O-]. The summed E-state index contributed by atoms with van der Waals surface area (Å²) in [6, 6.07) is 0. The van der Waals surface area contributed by atoms with Gasteiger partial charge in [0.15, 0.2) is 0 Å². The maximum absolute atomic E-state index is 10.4. The highest BCUT2D eigenvalue weighted by atomic mass is 16.6. The first kappa shape index (κ1) is 9.95. The Hall–Kier alpha value is -1.13. The third-order valence-corrected chi connectivity index (χ3v) is 2.23. The lowest BCUT2D eigenvalue weighted by molar-refractivity contribution is -0.488. The zero-order chi connectivity index (χ0) is 9.84. The average Bonchev–Trinajstić information content (AvgIpc) is 2.67. The molecular weight excluding hydrogens is 174 g/mol. The van der Waals surface area contributed by atoms with Crippen molar-refractivity contribution in [2.75, 3.05) is 6.54 Å². The van der Waals surface area contributed by atoms with Gasteiger partial charge in [0.25, 0.3) is 0 Å². The molecule has 0 aromatic heterocycles. The fourth-order valence-electron chi connectivity index (χ4n) is 1.51. The van der Waals surface area contributed by atoms with Gasteiger partial charge in [-0.15, -0.1) is 0 Å². The minimum atomic E-state index is -0.937. The largest absolute Gasteiger partial charge is 0.481 e. The number of aliphatic carboxylic acids is 1. The van der Waals surface area contributed by atoms with Gasteiger partial charge in [-0.25, -0.2) is 0 Å². The van der Waals surface area contributed by atoms with Crippen LogP contribution >= 0.6 is 0 Å². The second kappa shape index (κ2) is 4.20. The van der Waals surface area contributed by atoms with E-state index in [1.165, 1.54) is 0 Å². The van der Waals surface area contributed by atoms with Crippen LogP contribution in [0.4, 0.5) is 0 Å². The van der Waals surface area contributed by atoms with Crippen LogP contribution in [0.15, 0.2) is 0 Å². The number of hydrogen-bond donors (Lipinski definition) is 1. The van der Waals surface area contributed by atoms with E-state index in [0.29, 0.717) is 12.3 Å². The van der Waals surface area contributed by atoms with E-state index < -0.39 is 10.9 Å². The molecule has 0 amide bonds. The highest BCUT2D eigenvalue weighted by Gasteiger charge is 2.29. The Balaban J connectivity index is 2.32. The normalized spacial score (nSPS) is 18.2. The smallest absolute Gasteiger partial charge is 0.303 e. The summed E-state index contributed by atoms with van der Waals surface area (Å²) < 4.78 is 0. The van der Waals surface area contributed by atoms with Gasteiger partial charge in [-0.1, -0.05) is 12.8 Å². The molecule has 0 aliphatic heterocycles. The van der Waals surface area contributed by atoms with Crippen molar-refractivity contribution in [1.82, 2.24) is 0 Å². The summed E-state index contributed by atoms with van der Waals surface area (Å²) in [6.07, 6.45) is 2.84. The molecule has 0 bridgehead atoms. The molecule has 1 atom stereocenters. The van der Waals surface area contributed by atoms with Crippen molar-refractivity contribution < 1.29 is 14.8 Å². The standard InChI is InChI=1S/C8H13NO4/c10-8(11)4-7(5-9(12)13)3-6-1-2-6/h6-7H,1-5H2,(H,10,11). The van der Waals surface area contributed by atoms with Crippen molar-refractivity contribution in [1.29, 1.82) is 0 Å². The van der Waals surface area contributed by atoms with E-state index in [4.69, 9.17) is 5.11 Å². The van der Waals surface area contributed by atoms with Gasteiger partial charge < -0.3 is 5.11 Å². The van der Waals surface area contributed by atoms with E-state index in [1.807, 2.05) is 0 Å². The zero-order valence-corrected chi connectivity index (χ0v) is 7.31. The van der Waals surface area contributed by atoms with Crippen LogP contribution in [0, 0.1) is 22.0 Å². The van der Waals surface area contributed by atoms with Crippen LogP contribution in [0.25, 0.3) is 0 Å². The summed E-state index contributed by atoms with van der Waals surface area (Å²) in [5.41, 5.74) is 0. The Morgan fingerprint density at radius 2 is 2.23 bits per heavy atom. The van der Waals surface area contributed by atoms with E-state index in [9.17, 15) is 14.9 Å². The average molecular weight is 187 g/mol. The molecule has 1 rings (SSSR count). The van der Waals surface area contributed by atoms with Crippen LogP contribution in [0.2, 0.25) is 0 Å². The molecule has 13 heavy (non-hydrogen) atoms. The monoisotopic (exact) mass is 187 g/mol.